The van der Waals surface area contributed by atoms with Crippen LogP contribution in [0, 0.1) is 11.3 Å². The summed E-state index contributed by atoms with van der Waals surface area (Å²) in [5, 5.41) is 12.2. The van der Waals surface area contributed by atoms with Gasteiger partial charge in [0.25, 0.3) is 5.91 Å². The lowest BCUT2D eigenvalue weighted by molar-refractivity contribution is -0.112. The second kappa shape index (κ2) is 9.85. The predicted molar refractivity (Wildman–Crippen MR) is 116 cm³/mol. The van der Waals surface area contributed by atoms with Gasteiger partial charge in [-0.05, 0) is 51.8 Å². The molecule has 7 nitrogen and oxygen atoms in total. The molecule has 1 aliphatic heterocycles. The van der Waals surface area contributed by atoms with Gasteiger partial charge >= 0.3 is 0 Å². The highest BCUT2D eigenvalue weighted by atomic mass is 79.9. The normalized spacial score (nSPS) is 12.5. The van der Waals surface area contributed by atoms with Gasteiger partial charge in [-0.25, -0.2) is 0 Å². The molecule has 30 heavy (non-hydrogen) atoms. The summed E-state index contributed by atoms with van der Waals surface area (Å²) < 4.78 is 22.6. The van der Waals surface area contributed by atoms with Gasteiger partial charge in [-0.2, -0.15) is 5.26 Å². The molecular formula is C22H19BrN2O5. The summed E-state index contributed by atoms with van der Waals surface area (Å²) in [6.45, 7) is 4.86. The maximum Gasteiger partial charge on any atom is 0.266 e. The van der Waals surface area contributed by atoms with Crippen molar-refractivity contribution in [1.29, 1.82) is 5.26 Å². The van der Waals surface area contributed by atoms with Crippen LogP contribution in [0.2, 0.25) is 0 Å². The van der Waals surface area contributed by atoms with Crippen LogP contribution in [0.4, 0.5) is 5.69 Å². The molecule has 0 aliphatic carbocycles. The third-order valence-corrected chi connectivity index (χ3v) is 4.66. The van der Waals surface area contributed by atoms with Crippen LogP contribution in [-0.2, 0) is 4.79 Å². The Morgan fingerprint density at radius 2 is 2.07 bits per heavy atom. The van der Waals surface area contributed by atoms with Crippen molar-refractivity contribution in [3.05, 3.63) is 58.6 Å². The van der Waals surface area contributed by atoms with E-state index in [0.717, 1.165) is 0 Å². The number of anilines is 1. The monoisotopic (exact) mass is 470 g/mol. The van der Waals surface area contributed by atoms with E-state index in [4.69, 9.17) is 18.9 Å². The van der Waals surface area contributed by atoms with E-state index in [1.165, 1.54) is 13.2 Å². The SMILES string of the molecule is C=CCOc1c(Br)cc(/C=C(\C#N)C(=O)Nc2ccc3c(c2)OCCO3)cc1OC. The third-order valence-electron chi connectivity index (χ3n) is 4.07. The Kier molecular flexibility index (Phi) is 6.99. The maximum atomic E-state index is 12.6. The number of hydrogen-bond donors (Lipinski definition) is 1. The lowest BCUT2D eigenvalue weighted by Gasteiger charge is -2.19. The van der Waals surface area contributed by atoms with Crippen LogP contribution in [0.1, 0.15) is 5.56 Å². The molecule has 1 heterocycles. The Bertz CT molecular complexity index is 1040. The Hall–Kier alpha value is -3.44. The summed E-state index contributed by atoms with van der Waals surface area (Å²) in [6.07, 6.45) is 3.09. The highest BCUT2D eigenvalue weighted by Crippen LogP contribution is 2.37. The molecule has 0 aromatic heterocycles. The van der Waals surface area contributed by atoms with Crippen molar-refractivity contribution in [3.63, 3.8) is 0 Å². The Morgan fingerprint density at radius 1 is 1.30 bits per heavy atom. The standard InChI is InChI=1S/C22H19BrN2O5/c1-3-6-30-21-17(23)10-14(11-20(21)27-2)9-15(13-24)22(26)25-16-4-5-18-19(12-16)29-8-7-28-18/h3-5,9-12H,1,6-8H2,2H3,(H,25,26)/b15-9+. The summed E-state index contributed by atoms with van der Waals surface area (Å²) in [5.74, 6) is 1.59. The zero-order chi connectivity index (χ0) is 21.5. The second-order valence-corrected chi connectivity index (χ2v) is 6.97. The summed E-state index contributed by atoms with van der Waals surface area (Å²) in [7, 11) is 1.51. The Morgan fingerprint density at radius 3 is 2.77 bits per heavy atom. The molecule has 2 aromatic carbocycles. The Balaban J connectivity index is 1.83. The van der Waals surface area contributed by atoms with E-state index in [-0.39, 0.29) is 5.57 Å². The molecule has 1 aliphatic rings. The van der Waals surface area contributed by atoms with Crippen LogP contribution in [0.25, 0.3) is 6.08 Å². The second-order valence-electron chi connectivity index (χ2n) is 6.12. The molecule has 0 atom stereocenters. The molecule has 8 heteroatoms. The van der Waals surface area contributed by atoms with Crippen molar-refractivity contribution in [2.45, 2.75) is 0 Å². The highest BCUT2D eigenvalue weighted by Gasteiger charge is 2.16. The topological polar surface area (TPSA) is 89.8 Å². The van der Waals surface area contributed by atoms with Gasteiger partial charge in [0.2, 0.25) is 0 Å². The van der Waals surface area contributed by atoms with E-state index >= 15 is 0 Å². The molecular weight excluding hydrogens is 452 g/mol. The van der Waals surface area contributed by atoms with Crippen LogP contribution < -0.4 is 24.3 Å². The molecule has 154 valence electrons. The van der Waals surface area contributed by atoms with Crippen LogP contribution in [-0.4, -0.2) is 32.8 Å². The first-order valence-electron chi connectivity index (χ1n) is 8.99. The van der Waals surface area contributed by atoms with E-state index in [0.29, 0.717) is 58.5 Å². The molecule has 0 unspecified atom stereocenters. The minimum Gasteiger partial charge on any atom is -0.493 e. The number of methoxy groups -OCH3 is 1. The first-order valence-corrected chi connectivity index (χ1v) is 9.79. The van der Waals surface area contributed by atoms with E-state index in [1.807, 2.05) is 6.07 Å². The summed E-state index contributed by atoms with van der Waals surface area (Å²) in [4.78, 5) is 12.6. The molecule has 0 fully saturated rings. The fourth-order valence-electron chi connectivity index (χ4n) is 2.74. The summed E-state index contributed by atoms with van der Waals surface area (Å²) in [6, 6.07) is 10.4. The lowest BCUT2D eigenvalue weighted by Crippen LogP contribution is -2.17. The average Bonchev–Trinajstić information content (AvgIpc) is 2.76. The van der Waals surface area contributed by atoms with E-state index in [2.05, 4.69) is 27.8 Å². The van der Waals surface area contributed by atoms with Crippen molar-refractivity contribution in [2.75, 3.05) is 32.2 Å². The molecule has 0 spiro atoms. The van der Waals surface area contributed by atoms with Gasteiger partial charge < -0.3 is 24.3 Å². The predicted octanol–water partition coefficient (Wildman–Crippen LogP) is 4.34. The van der Waals surface area contributed by atoms with E-state index in [9.17, 15) is 10.1 Å². The third kappa shape index (κ3) is 4.93. The van der Waals surface area contributed by atoms with Gasteiger partial charge in [0.05, 0.1) is 11.6 Å². The first-order chi connectivity index (χ1) is 14.5. The number of benzene rings is 2. The number of carbonyl (C=O) groups excluding carboxylic acids is 1. The van der Waals surface area contributed by atoms with E-state index < -0.39 is 5.91 Å². The van der Waals surface area contributed by atoms with Crippen molar-refractivity contribution < 1.29 is 23.7 Å². The molecule has 1 amide bonds. The number of carbonyl (C=O) groups is 1. The number of hydrogen-bond acceptors (Lipinski definition) is 6. The molecule has 1 N–H and O–H groups in total. The number of nitrogens with zero attached hydrogens (tertiary/aromatic N) is 1. The number of ether oxygens (including phenoxy) is 4. The molecule has 3 rings (SSSR count). The van der Waals surface area contributed by atoms with Gasteiger partial charge in [0.15, 0.2) is 23.0 Å². The first kappa shape index (κ1) is 21.3. The van der Waals surface area contributed by atoms with Gasteiger partial charge in [-0.1, -0.05) is 12.7 Å². The number of rotatable bonds is 7. The van der Waals surface area contributed by atoms with Gasteiger partial charge in [-0.3, -0.25) is 4.79 Å². The molecule has 0 radical (unpaired) electrons. The van der Waals surface area contributed by atoms with Crippen molar-refractivity contribution in [3.8, 4) is 29.1 Å². The van der Waals surface area contributed by atoms with Crippen LogP contribution >= 0.6 is 15.9 Å². The van der Waals surface area contributed by atoms with Gasteiger partial charge in [-0.15, -0.1) is 0 Å². The quantitative estimate of drug-likeness (QED) is 0.367. The zero-order valence-corrected chi connectivity index (χ0v) is 17.8. The largest absolute Gasteiger partial charge is 0.493 e. The maximum absolute atomic E-state index is 12.6. The highest BCUT2D eigenvalue weighted by molar-refractivity contribution is 9.10. The minimum absolute atomic E-state index is 0.0707. The molecule has 0 bridgehead atoms. The van der Waals surface area contributed by atoms with Crippen molar-refractivity contribution >= 4 is 33.6 Å². The Labute approximate surface area is 182 Å². The van der Waals surface area contributed by atoms with Gasteiger partial charge in [0, 0.05) is 11.8 Å². The van der Waals surface area contributed by atoms with Crippen molar-refractivity contribution in [1.82, 2.24) is 0 Å². The zero-order valence-electron chi connectivity index (χ0n) is 16.2. The fourth-order valence-corrected chi connectivity index (χ4v) is 3.31. The number of halogens is 1. The fraction of sp³-hybridized carbons (Fsp3) is 0.182. The smallest absolute Gasteiger partial charge is 0.266 e. The average molecular weight is 471 g/mol. The number of fused-ring (bicyclic) bond motifs is 1. The summed E-state index contributed by atoms with van der Waals surface area (Å²) >= 11 is 3.43. The molecule has 0 saturated heterocycles. The van der Waals surface area contributed by atoms with E-state index in [1.54, 1.807) is 36.4 Å². The molecule has 0 saturated carbocycles. The van der Waals surface area contributed by atoms with Crippen LogP contribution in [0.5, 0.6) is 23.0 Å². The van der Waals surface area contributed by atoms with Crippen LogP contribution in [0.3, 0.4) is 0 Å². The lowest BCUT2D eigenvalue weighted by atomic mass is 10.1. The molecule has 2 aromatic rings. The van der Waals surface area contributed by atoms with Gasteiger partial charge in [0.1, 0.15) is 31.5 Å². The number of nitrogens with one attached hydrogen (secondary N) is 1. The van der Waals surface area contributed by atoms with Crippen LogP contribution in [0.15, 0.2) is 53.0 Å². The number of nitriles is 1. The summed E-state index contributed by atoms with van der Waals surface area (Å²) in [5.41, 5.74) is 1.02. The minimum atomic E-state index is -0.545. The number of amides is 1. The van der Waals surface area contributed by atoms with Crippen molar-refractivity contribution in [2.24, 2.45) is 0 Å².